The number of allylic oxidation sites excluding steroid dienone is 2. The van der Waals surface area contributed by atoms with Gasteiger partial charge in [0.1, 0.15) is 11.3 Å². The second-order valence-corrected chi connectivity index (χ2v) is 5.46. The van der Waals surface area contributed by atoms with E-state index < -0.39 is 0 Å². The Bertz CT molecular complexity index is 612. The summed E-state index contributed by atoms with van der Waals surface area (Å²) in [5, 5.41) is 6.83. The van der Waals surface area contributed by atoms with Crippen molar-refractivity contribution in [2.45, 2.75) is 25.8 Å². The third-order valence-electron chi connectivity index (χ3n) is 3.83. The number of nitrogens with one attached hydrogen (secondary N) is 2. The Labute approximate surface area is 124 Å². The first-order valence-electron chi connectivity index (χ1n) is 7.45. The van der Waals surface area contributed by atoms with Crippen molar-refractivity contribution in [3.63, 3.8) is 0 Å². The largest absolute Gasteiger partial charge is 0.459 e. The molecule has 2 N–H and O–H groups in total. The van der Waals surface area contributed by atoms with Gasteiger partial charge in [0.05, 0.1) is 6.54 Å². The fourth-order valence-electron chi connectivity index (χ4n) is 2.63. The maximum absolute atomic E-state index is 11.8. The van der Waals surface area contributed by atoms with Crippen LogP contribution >= 0.6 is 0 Å². The molecule has 0 saturated carbocycles. The topological polar surface area (TPSA) is 54.3 Å². The van der Waals surface area contributed by atoms with Gasteiger partial charge in [-0.05, 0) is 37.3 Å². The summed E-state index contributed by atoms with van der Waals surface area (Å²) >= 11 is 0. The summed E-state index contributed by atoms with van der Waals surface area (Å²) in [7, 11) is 0. The second-order valence-electron chi connectivity index (χ2n) is 5.46. The molecule has 0 aliphatic heterocycles. The molecule has 1 aliphatic carbocycles. The molecule has 110 valence electrons. The molecular weight excluding hydrogens is 264 g/mol. The Balaban J connectivity index is 1.45. The van der Waals surface area contributed by atoms with Crippen LogP contribution in [-0.2, 0) is 6.54 Å². The maximum atomic E-state index is 11.8. The van der Waals surface area contributed by atoms with Crippen molar-refractivity contribution in [3.05, 3.63) is 48.2 Å². The van der Waals surface area contributed by atoms with Gasteiger partial charge in [-0.15, -0.1) is 0 Å². The fourth-order valence-corrected chi connectivity index (χ4v) is 2.63. The minimum Gasteiger partial charge on any atom is -0.459 e. The molecular formula is C17H20N2O2. The molecule has 1 aromatic carbocycles. The van der Waals surface area contributed by atoms with E-state index in [0.717, 1.165) is 42.5 Å². The number of benzene rings is 1. The zero-order valence-corrected chi connectivity index (χ0v) is 12.0. The van der Waals surface area contributed by atoms with Gasteiger partial charge in [0.15, 0.2) is 0 Å². The summed E-state index contributed by atoms with van der Waals surface area (Å²) < 4.78 is 5.66. The van der Waals surface area contributed by atoms with Gasteiger partial charge in [-0.1, -0.05) is 30.4 Å². The van der Waals surface area contributed by atoms with Crippen LogP contribution in [0.3, 0.4) is 0 Å². The van der Waals surface area contributed by atoms with Crippen LogP contribution in [0.2, 0.25) is 0 Å². The van der Waals surface area contributed by atoms with Crippen LogP contribution in [0, 0.1) is 5.92 Å². The molecule has 1 heterocycles. The van der Waals surface area contributed by atoms with Crippen molar-refractivity contribution < 1.29 is 9.21 Å². The van der Waals surface area contributed by atoms with Crippen molar-refractivity contribution >= 4 is 17.0 Å². The lowest BCUT2D eigenvalue weighted by molar-refractivity contribution is 0.237. The molecule has 1 atom stereocenters. The van der Waals surface area contributed by atoms with E-state index in [2.05, 4.69) is 22.8 Å². The summed E-state index contributed by atoms with van der Waals surface area (Å²) in [6, 6.07) is 9.66. The number of fused-ring (bicyclic) bond motifs is 1. The number of rotatable bonds is 4. The Morgan fingerprint density at radius 2 is 2.14 bits per heavy atom. The average Bonchev–Trinajstić information content (AvgIpc) is 2.95. The lowest BCUT2D eigenvalue weighted by Crippen LogP contribution is -2.38. The van der Waals surface area contributed by atoms with Crippen molar-refractivity contribution in [1.29, 1.82) is 0 Å². The lowest BCUT2D eigenvalue weighted by Gasteiger charge is -2.18. The zero-order valence-electron chi connectivity index (χ0n) is 12.0. The maximum Gasteiger partial charge on any atom is 0.315 e. The highest BCUT2D eigenvalue weighted by Gasteiger charge is 2.11. The average molecular weight is 284 g/mol. The number of urea groups is 1. The van der Waals surface area contributed by atoms with Crippen LogP contribution in [0.15, 0.2) is 46.9 Å². The van der Waals surface area contributed by atoms with Gasteiger partial charge >= 0.3 is 6.03 Å². The molecule has 0 bridgehead atoms. The van der Waals surface area contributed by atoms with Crippen LogP contribution in [0.1, 0.15) is 25.0 Å². The highest BCUT2D eigenvalue weighted by atomic mass is 16.3. The van der Waals surface area contributed by atoms with Gasteiger partial charge in [-0.3, -0.25) is 0 Å². The monoisotopic (exact) mass is 284 g/mol. The molecule has 1 unspecified atom stereocenters. The van der Waals surface area contributed by atoms with Gasteiger partial charge in [-0.25, -0.2) is 4.79 Å². The van der Waals surface area contributed by atoms with Crippen molar-refractivity contribution in [2.24, 2.45) is 5.92 Å². The molecule has 4 nitrogen and oxygen atoms in total. The third kappa shape index (κ3) is 3.66. The molecule has 0 spiro atoms. The van der Waals surface area contributed by atoms with E-state index in [1.165, 1.54) is 0 Å². The van der Waals surface area contributed by atoms with Crippen LogP contribution in [0.4, 0.5) is 4.79 Å². The van der Waals surface area contributed by atoms with Gasteiger partial charge in [0, 0.05) is 11.9 Å². The Morgan fingerprint density at radius 3 is 2.95 bits per heavy atom. The first-order valence-corrected chi connectivity index (χ1v) is 7.45. The molecule has 3 rings (SSSR count). The van der Waals surface area contributed by atoms with E-state index in [4.69, 9.17) is 4.42 Å². The van der Waals surface area contributed by atoms with Crippen LogP contribution in [0.25, 0.3) is 11.0 Å². The molecule has 21 heavy (non-hydrogen) atoms. The predicted octanol–water partition coefficient (Wildman–Crippen LogP) is 3.59. The summed E-state index contributed by atoms with van der Waals surface area (Å²) in [5.74, 6) is 1.33. The van der Waals surface area contributed by atoms with E-state index in [1.807, 2.05) is 30.3 Å². The van der Waals surface area contributed by atoms with Crippen molar-refractivity contribution in [2.75, 3.05) is 6.54 Å². The molecule has 0 fully saturated rings. The molecule has 0 saturated heterocycles. The molecule has 1 aliphatic rings. The summed E-state index contributed by atoms with van der Waals surface area (Å²) in [6.07, 6.45) is 7.73. The molecule has 4 heteroatoms. The number of para-hydroxylation sites is 1. The number of hydrogen-bond acceptors (Lipinski definition) is 2. The van der Waals surface area contributed by atoms with Gasteiger partial charge in [-0.2, -0.15) is 0 Å². The number of amides is 2. The number of furan rings is 1. The third-order valence-corrected chi connectivity index (χ3v) is 3.83. The Kier molecular flexibility index (Phi) is 4.24. The lowest BCUT2D eigenvalue weighted by atomic mass is 9.94. The van der Waals surface area contributed by atoms with E-state index in [9.17, 15) is 4.79 Å². The van der Waals surface area contributed by atoms with Crippen LogP contribution in [-0.4, -0.2) is 12.6 Å². The number of carbonyl (C=O) groups excluding carboxylic acids is 1. The summed E-state index contributed by atoms with van der Waals surface area (Å²) in [6.45, 7) is 1.14. The van der Waals surface area contributed by atoms with Gasteiger partial charge in [0.2, 0.25) is 0 Å². The Morgan fingerprint density at radius 1 is 1.24 bits per heavy atom. The zero-order chi connectivity index (χ0) is 14.5. The van der Waals surface area contributed by atoms with Crippen molar-refractivity contribution in [3.8, 4) is 0 Å². The quantitative estimate of drug-likeness (QED) is 0.843. The van der Waals surface area contributed by atoms with E-state index in [-0.39, 0.29) is 6.03 Å². The highest BCUT2D eigenvalue weighted by Crippen LogP contribution is 2.18. The molecule has 2 amide bonds. The standard InChI is InChI=1S/C17H20N2O2/c20-17(18-11-13-6-2-1-3-7-13)19-12-15-10-14-8-4-5-9-16(14)21-15/h1-2,4-5,8-10,13H,3,6-7,11-12H2,(H2,18,19,20). The minimum atomic E-state index is -0.134. The van der Waals surface area contributed by atoms with Gasteiger partial charge < -0.3 is 15.1 Å². The number of hydrogen-bond donors (Lipinski definition) is 2. The molecule has 1 aromatic heterocycles. The molecule has 2 aromatic rings. The second kappa shape index (κ2) is 6.48. The predicted molar refractivity (Wildman–Crippen MR) is 82.9 cm³/mol. The minimum absolute atomic E-state index is 0.134. The summed E-state index contributed by atoms with van der Waals surface area (Å²) in [5.41, 5.74) is 0.851. The summed E-state index contributed by atoms with van der Waals surface area (Å²) in [4.78, 5) is 11.8. The smallest absolute Gasteiger partial charge is 0.315 e. The Hall–Kier alpha value is -2.23. The first kappa shape index (κ1) is 13.7. The van der Waals surface area contributed by atoms with Crippen molar-refractivity contribution in [1.82, 2.24) is 10.6 Å². The van der Waals surface area contributed by atoms with E-state index in [1.54, 1.807) is 0 Å². The van der Waals surface area contributed by atoms with Crippen LogP contribution in [0.5, 0.6) is 0 Å². The van der Waals surface area contributed by atoms with Crippen LogP contribution < -0.4 is 10.6 Å². The normalized spacial score (nSPS) is 17.8. The van der Waals surface area contributed by atoms with Gasteiger partial charge in [0.25, 0.3) is 0 Å². The number of carbonyl (C=O) groups is 1. The SMILES string of the molecule is O=C(NCc1cc2ccccc2o1)NCC1CC=CCC1. The molecule has 0 radical (unpaired) electrons. The van der Waals surface area contributed by atoms with E-state index >= 15 is 0 Å². The van der Waals surface area contributed by atoms with E-state index in [0.29, 0.717) is 12.5 Å². The first-order chi connectivity index (χ1) is 10.3. The fraction of sp³-hybridized carbons (Fsp3) is 0.353. The highest BCUT2D eigenvalue weighted by molar-refractivity contribution is 5.78.